The Morgan fingerprint density at radius 3 is 2.68 bits per heavy atom. The zero-order valence-corrected chi connectivity index (χ0v) is 11.9. The molecule has 0 saturated carbocycles. The Morgan fingerprint density at radius 2 is 1.95 bits per heavy atom. The number of carbonyl (C=O) groups excluding carboxylic acids is 2. The van der Waals surface area contributed by atoms with Crippen molar-refractivity contribution in [3.8, 4) is 5.75 Å². The molecule has 0 aliphatic carbocycles. The fourth-order valence-corrected chi connectivity index (χ4v) is 1.75. The predicted octanol–water partition coefficient (Wildman–Crippen LogP) is 0.318. The molecule has 0 bridgehead atoms. The summed E-state index contributed by atoms with van der Waals surface area (Å²) < 4.78 is 6.25. The molecule has 7 heteroatoms. The van der Waals surface area contributed by atoms with Gasteiger partial charge in [0.05, 0.1) is 7.11 Å². The monoisotopic (exact) mass is 301 g/mol. The number of hydrogen-bond acceptors (Lipinski definition) is 4. The molecule has 114 valence electrons. The number of amides is 2. The quantitative estimate of drug-likeness (QED) is 0.796. The van der Waals surface area contributed by atoms with Crippen LogP contribution in [-0.2, 0) is 11.3 Å². The fourth-order valence-electron chi connectivity index (χ4n) is 1.75. The lowest BCUT2D eigenvalue weighted by Crippen LogP contribution is -2.44. The summed E-state index contributed by atoms with van der Waals surface area (Å²) in [5.41, 5.74) is 4.58. The molecule has 2 N–H and O–H groups in total. The number of methoxy groups -OCH3 is 1. The minimum absolute atomic E-state index is 0.182. The zero-order valence-electron chi connectivity index (χ0n) is 11.9. The third-order valence-corrected chi connectivity index (χ3v) is 2.86. The summed E-state index contributed by atoms with van der Waals surface area (Å²) in [6, 6.07) is 11.1. The molecular weight excluding hydrogens is 286 g/mol. The van der Waals surface area contributed by atoms with Gasteiger partial charge in [-0.2, -0.15) is 0 Å². The van der Waals surface area contributed by atoms with Gasteiger partial charge in [-0.05, 0) is 24.3 Å². The van der Waals surface area contributed by atoms with Gasteiger partial charge in [-0.15, -0.1) is 0 Å². The summed E-state index contributed by atoms with van der Waals surface area (Å²) in [7, 11) is 1.50. The predicted molar refractivity (Wildman–Crippen MR) is 79.3 cm³/mol. The highest BCUT2D eigenvalue weighted by Gasteiger charge is 2.09. The van der Waals surface area contributed by atoms with Crippen LogP contribution >= 0.6 is 0 Å². The average Bonchev–Trinajstić information content (AvgIpc) is 2.55. The second-order valence-electron chi connectivity index (χ2n) is 4.40. The third kappa shape index (κ3) is 3.95. The van der Waals surface area contributed by atoms with Crippen molar-refractivity contribution in [2.75, 3.05) is 7.11 Å². The van der Waals surface area contributed by atoms with Gasteiger partial charge < -0.3 is 9.30 Å². The van der Waals surface area contributed by atoms with E-state index in [1.807, 2.05) is 0 Å². The van der Waals surface area contributed by atoms with Crippen LogP contribution in [0.15, 0.2) is 53.5 Å². The highest BCUT2D eigenvalue weighted by atomic mass is 16.5. The second-order valence-corrected chi connectivity index (χ2v) is 4.40. The molecule has 2 rings (SSSR count). The van der Waals surface area contributed by atoms with Crippen molar-refractivity contribution in [1.29, 1.82) is 0 Å². The first-order valence-corrected chi connectivity index (χ1v) is 6.49. The van der Waals surface area contributed by atoms with Crippen LogP contribution in [0, 0.1) is 0 Å². The molecule has 0 saturated heterocycles. The topological polar surface area (TPSA) is 89.4 Å². The smallest absolute Gasteiger partial charge is 0.269 e. The number of aromatic nitrogens is 1. The van der Waals surface area contributed by atoms with Crippen LogP contribution < -0.4 is 21.1 Å². The lowest BCUT2D eigenvalue weighted by Gasteiger charge is -2.09. The van der Waals surface area contributed by atoms with E-state index in [9.17, 15) is 14.4 Å². The van der Waals surface area contributed by atoms with Gasteiger partial charge in [0, 0.05) is 17.8 Å². The van der Waals surface area contributed by atoms with Gasteiger partial charge in [-0.3, -0.25) is 25.2 Å². The highest BCUT2D eigenvalue weighted by Crippen LogP contribution is 2.11. The molecule has 0 aliphatic rings. The minimum Gasteiger partial charge on any atom is -0.497 e. The summed E-state index contributed by atoms with van der Waals surface area (Å²) in [6.07, 6.45) is 1.49. The van der Waals surface area contributed by atoms with Crippen LogP contribution in [0.4, 0.5) is 0 Å². The molecule has 0 unspecified atom stereocenters. The number of carbonyl (C=O) groups is 2. The van der Waals surface area contributed by atoms with Gasteiger partial charge >= 0.3 is 0 Å². The number of nitrogens with one attached hydrogen (secondary N) is 2. The van der Waals surface area contributed by atoms with Crippen LogP contribution in [0.2, 0.25) is 0 Å². The van der Waals surface area contributed by atoms with Crippen LogP contribution in [0.5, 0.6) is 5.75 Å². The summed E-state index contributed by atoms with van der Waals surface area (Å²) in [4.78, 5) is 35.1. The van der Waals surface area contributed by atoms with Crippen LogP contribution in [0.3, 0.4) is 0 Å². The number of hydrogen-bond donors (Lipinski definition) is 2. The molecule has 0 atom stereocenters. The molecule has 1 aromatic carbocycles. The standard InChI is InChI=1S/C15H15N3O4/c1-22-12-6-4-5-11(9-12)15(21)17-16-13(19)10-18-8-3-2-7-14(18)20/h2-9H,10H2,1H3,(H,16,19)(H,17,21). The number of rotatable bonds is 4. The first-order chi connectivity index (χ1) is 10.6. The van der Waals surface area contributed by atoms with E-state index in [1.54, 1.807) is 36.4 Å². The number of pyridine rings is 1. The van der Waals surface area contributed by atoms with Crippen molar-refractivity contribution < 1.29 is 14.3 Å². The van der Waals surface area contributed by atoms with Crippen molar-refractivity contribution in [1.82, 2.24) is 15.4 Å². The number of hydrazine groups is 1. The van der Waals surface area contributed by atoms with E-state index >= 15 is 0 Å². The van der Waals surface area contributed by atoms with Gasteiger partial charge in [0.1, 0.15) is 12.3 Å². The van der Waals surface area contributed by atoms with Crippen molar-refractivity contribution in [2.45, 2.75) is 6.54 Å². The summed E-state index contributed by atoms with van der Waals surface area (Å²) >= 11 is 0. The van der Waals surface area contributed by atoms with Crippen LogP contribution in [0.1, 0.15) is 10.4 Å². The molecule has 1 heterocycles. The van der Waals surface area contributed by atoms with E-state index in [2.05, 4.69) is 10.9 Å². The Morgan fingerprint density at radius 1 is 1.14 bits per heavy atom. The van der Waals surface area contributed by atoms with Crippen molar-refractivity contribution in [3.63, 3.8) is 0 Å². The Kier molecular flexibility index (Phi) is 4.92. The van der Waals surface area contributed by atoms with Crippen molar-refractivity contribution >= 4 is 11.8 Å². The number of benzene rings is 1. The maximum Gasteiger partial charge on any atom is 0.269 e. The molecule has 2 amide bonds. The second kappa shape index (κ2) is 7.07. The zero-order chi connectivity index (χ0) is 15.9. The molecule has 0 aliphatic heterocycles. The lowest BCUT2D eigenvalue weighted by molar-refractivity contribution is -0.122. The summed E-state index contributed by atoms with van der Waals surface area (Å²) in [5, 5.41) is 0. The SMILES string of the molecule is COc1cccc(C(=O)NNC(=O)Cn2ccccc2=O)c1. The Labute approximate surface area is 126 Å². The average molecular weight is 301 g/mol. The van der Waals surface area contributed by atoms with E-state index in [0.717, 1.165) is 0 Å². The van der Waals surface area contributed by atoms with Gasteiger partial charge in [0.25, 0.3) is 17.4 Å². The third-order valence-electron chi connectivity index (χ3n) is 2.86. The van der Waals surface area contributed by atoms with Crippen molar-refractivity contribution in [2.24, 2.45) is 0 Å². The van der Waals surface area contributed by atoms with Gasteiger partial charge in [0.15, 0.2) is 0 Å². The Balaban J connectivity index is 1.92. The fraction of sp³-hybridized carbons (Fsp3) is 0.133. The molecule has 22 heavy (non-hydrogen) atoms. The molecule has 0 spiro atoms. The number of nitrogens with zero attached hydrogens (tertiary/aromatic N) is 1. The minimum atomic E-state index is -0.510. The molecule has 0 radical (unpaired) electrons. The summed E-state index contributed by atoms with van der Waals surface area (Å²) in [5.74, 6) is -0.452. The van der Waals surface area contributed by atoms with E-state index in [-0.39, 0.29) is 12.1 Å². The molecule has 1 aromatic heterocycles. The first-order valence-electron chi connectivity index (χ1n) is 6.49. The van der Waals surface area contributed by atoms with Crippen LogP contribution in [-0.4, -0.2) is 23.5 Å². The molecule has 0 fully saturated rings. The highest BCUT2D eigenvalue weighted by molar-refractivity contribution is 5.95. The Bertz CT molecular complexity index is 739. The first kappa shape index (κ1) is 15.3. The van der Waals surface area contributed by atoms with Gasteiger partial charge in [-0.1, -0.05) is 12.1 Å². The van der Waals surface area contributed by atoms with E-state index in [4.69, 9.17) is 4.74 Å². The largest absolute Gasteiger partial charge is 0.497 e. The molecule has 2 aromatic rings. The van der Waals surface area contributed by atoms with Crippen molar-refractivity contribution in [3.05, 3.63) is 64.6 Å². The normalized spacial score (nSPS) is 9.86. The molecular formula is C15H15N3O4. The van der Waals surface area contributed by atoms with E-state index in [0.29, 0.717) is 11.3 Å². The van der Waals surface area contributed by atoms with E-state index < -0.39 is 11.8 Å². The Hall–Kier alpha value is -3.09. The maximum absolute atomic E-state index is 11.9. The number of ether oxygens (including phenoxy) is 1. The van der Waals surface area contributed by atoms with E-state index in [1.165, 1.54) is 23.9 Å². The van der Waals surface area contributed by atoms with Gasteiger partial charge in [0.2, 0.25) is 0 Å². The van der Waals surface area contributed by atoms with Gasteiger partial charge in [-0.25, -0.2) is 0 Å². The summed E-state index contributed by atoms with van der Waals surface area (Å²) in [6.45, 7) is -0.182. The lowest BCUT2D eigenvalue weighted by atomic mass is 10.2. The van der Waals surface area contributed by atoms with Crippen LogP contribution in [0.25, 0.3) is 0 Å². The maximum atomic E-state index is 11.9. The molecule has 7 nitrogen and oxygen atoms in total.